The van der Waals surface area contributed by atoms with Crippen LogP contribution < -0.4 is 0 Å². The molecule has 6 nitrogen and oxygen atoms in total. The van der Waals surface area contributed by atoms with Crippen molar-refractivity contribution >= 4 is 17.9 Å². The molecule has 0 aliphatic carbocycles. The Morgan fingerprint density at radius 1 is 0.328 bits per heavy atom. The van der Waals surface area contributed by atoms with E-state index in [1.807, 2.05) is 6.08 Å². The van der Waals surface area contributed by atoms with Crippen molar-refractivity contribution in [1.29, 1.82) is 0 Å². The van der Waals surface area contributed by atoms with Crippen molar-refractivity contribution in [1.82, 2.24) is 0 Å². The Morgan fingerprint density at radius 3 is 1.08 bits per heavy atom. The number of hydrogen-bond acceptors (Lipinski definition) is 6. The lowest BCUT2D eigenvalue weighted by Crippen LogP contribution is -2.30. The summed E-state index contributed by atoms with van der Waals surface area (Å²) in [5.74, 6) is -0.996. The zero-order valence-electron chi connectivity index (χ0n) is 41.8. The molecule has 6 heteroatoms. The van der Waals surface area contributed by atoms with E-state index >= 15 is 0 Å². The van der Waals surface area contributed by atoms with Crippen LogP contribution in [-0.2, 0) is 28.6 Å². The van der Waals surface area contributed by atoms with Crippen molar-refractivity contribution in [3.8, 4) is 0 Å². The molecule has 0 fully saturated rings. The second kappa shape index (κ2) is 52.2. The van der Waals surface area contributed by atoms with Gasteiger partial charge in [0.25, 0.3) is 0 Å². The third-order valence-electron chi connectivity index (χ3n) is 11.1. The Balaban J connectivity index is 4.49. The highest BCUT2D eigenvalue weighted by atomic mass is 16.6. The van der Waals surface area contributed by atoms with Crippen molar-refractivity contribution in [3.05, 3.63) is 85.1 Å². The van der Waals surface area contributed by atoms with Gasteiger partial charge in [0.05, 0.1) is 0 Å². The maximum Gasteiger partial charge on any atom is 0.306 e. The minimum absolute atomic E-state index is 0.103. The van der Waals surface area contributed by atoms with Crippen LogP contribution in [0.5, 0.6) is 0 Å². The fourth-order valence-corrected chi connectivity index (χ4v) is 7.17. The molecule has 0 unspecified atom stereocenters. The first-order valence-electron chi connectivity index (χ1n) is 26.6. The van der Waals surface area contributed by atoms with Crippen LogP contribution in [0.3, 0.4) is 0 Å². The van der Waals surface area contributed by atoms with E-state index in [1.54, 1.807) is 0 Å². The number of carbonyl (C=O) groups excluding carboxylic acids is 3. The van der Waals surface area contributed by atoms with Crippen LogP contribution in [0.2, 0.25) is 0 Å². The number of rotatable bonds is 47. The van der Waals surface area contributed by atoms with E-state index in [1.165, 1.54) is 109 Å². The summed E-state index contributed by atoms with van der Waals surface area (Å²) in [5.41, 5.74) is 0. The summed E-state index contributed by atoms with van der Waals surface area (Å²) >= 11 is 0. The van der Waals surface area contributed by atoms with E-state index < -0.39 is 6.10 Å². The first kappa shape index (κ1) is 60.6. The summed E-state index contributed by atoms with van der Waals surface area (Å²) in [6.07, 6.45) is 67.2. The molecule has 0 N–H and O–H groups in total. The minimum Gasteiger partial charge on any atom is -0.462 e. The predicted molar refractivity (Wildman–Crippen MR) is 274 cm³/mol. The molecule has 0 saturated heterocycles. The summed E-state index contributed by atoms with van der Waals surface area (Å²) < 4.78 is 16.7. The maximum absolute atomic E-state index is 12.8. The zero-order chi connectivity index (χ0) is 46.5. The standard InChI is InChI=1S/C58H98O6/c1-4-7-10-13-16-19-22-25-27-28-29-30-32-33-36-39-42-45-48-51-57(60)63-54-55(53-62-56(59)50-47-44-41-38-35-24-21-18-15-12-9-6-3)64-58(61)52-49-46-43-40-37-34-31-26-23-20-17-14-11-8-5-2/h7,10,16,18-19,21,25,27,29-30,33,36,42,45,55H,4-6,8-9,11-15,17,20,22-24,26,28,31-32,34-35,37-41,43-44,46-54H2,1-3H3/b10-7-,19-16-,21-18-,27-25-,30-29-,36-33-,45-42-/t55-/m1/s1. The number of allylic oxidation sites excluding steroid dienone is 14. The molecule has 366 valence electrons. The summed E-state index contributed by atoms with van der Waals surface area (Å²) in [6.45, 7) is 6.43. The van der Waals surface area contributed by atoms with E-state index in [-0.39, 0.29) is 37.5 Å². The lowest BCUT2D eigenvalue weighted by atomic mass is 10.0. The van der Waals surface area contributed by atoms with Crippen LogP contribution in [0.1, 0.15) is 245 Å². The topological polar surface area (TPSA) is 78.9 Å². The Hall–Kier alpha value is -3.41. The van der Waals surface area contributed by atoms with E-state index in [2.05, 4.69) is 99.8 Å². The molecular weight excluding hydrogens is 793 g/mol. The van der Waals surface area contributed by atoms with Gasteiger partial charge in [-0.25, -0.2) is 0 Å². The van der Waals surface area contributed by atoms with E-state index in [0.29, 0.717) is 19.3 Å². The molecule has 0 aliphatic heterocycles. The first-order chi connectivity index (χ1) is 31.5. The average Bonchev–Trinajstić information content (AvgIpc) is 3.29. The Kier molecular flexibility index (Phi) is 49.4. The number of hydrogen-bond donors (Lipinski definition) is 0. The largest absolute Gasteiger partial charge is 0.462 e. The molecule has 0 heterocycles. The van der Waals surface area contributed by atoms with Gasteiger partial charge in [-0.3, -0.25) is 14.4 Å². The highest BCUT2D eigenvalue weighted by Gasteiger charge is 2.19. The van der Waals surface area contributed by atoms with Gasteiger partial charge >= 0.3 is 17.9 Å². The van der Waals surface area contributed by atoms with E-state index in [0.717, 1.165) is 89.9 Å². The third-order valence-corrected chi connectivity index (χ3v) is 11.1. The predicted octanol–water partition coefficient (Wildman–Crippen LogP) is 17.6. The SMILES string of the molecule is CC/C=C\C/C=C\C/C=C\C/C=C\C/C=C\C/C=C\CCC(=O)OC[C@@H](COC(=O)CCCCCCC/C=C\CCCCC)OC(=O)CCCCCCCCCCCCCCCCC. The Bertz CT molecular complexity index is 1250. The monoisotopic (exact) mass is 891 g/mol. The van der Waals surface area contributed by atoms with Crippen molar-refractivity contribution < 1.29 is 28.6 Å². The zero-order valence-corrected chi connectivity index (χ0v) is 41.8. The fraction of sp³-hybridized carbons (Fsp3) is 0.707. The smallest absolute Gasteiger partial charge is 0.306 e. The van der Waals surface area contributed by atoms with Crippen molar-refractivity contribution in [2.75, 3.05) is 13.2 Å². The van der Waals surface area contributed by atoms with Gasteiger partial charge in [-0.2, -0.15) is 0 Å². The normalized spacial score (nSPS) is 12.7. The molecule has 1 atom stereocenters. The van der Waals surface area contributed by atoms with Gasteiger partial charge in [-0.05, 0) is 83.5 Å². The van der Waals surface area contributed by atoms with Crippen molar-refractivity contribution in [2.45, 2.75) is 252 Å². The molecule has 0 spiro atoms. The van der Waals surface area contributed by atoms with Gasteiger partial charge in [-0.15, -0.1) is 0 Å². The highest BCUT2D eigenvalue weighted by Crippen LogP contribution is 2.15. The molecule has 0 aromatic heterocycles. The molecular formula is C58H98O6. The molecule has 0 bridgehead atoms. The van der Waals surface area contributed by atoms with Crippen molar-refractivity contribution in [3.63, 3.8) is 0 Å². The Labute approximate surface area is 395 Å². The van der Waals surface area contributed by atoms with E-state index in [9.17, 15) is 14.4 Å². The quantitative estimate of drug-likeness (QED) is 0.0262. The van der Waals surface area contributed by atoms with Crippen LogP contribution in [0.25, 0.3) is 0 Å². The van der Waals surface area contributed by atoms with Crippen LogP contribution in [0.4, 0.5) is 0 Å². The fourth-order valence-electron chi connectivity index (χ4n) is 7.17. The number of unbranched alkanes of at least 4 members (excludes halogenated alkanes) is 22. The van der Waals surface area contributed by atoms with Gasteiger partial charge in [0.1, 0.15) is 13.2 Å². The maximum atomic E-state index is 12.8. The average molecular weight is 891 g/mol. The molecule has 0 rings (SSSR count). The number of carbonyl (C=O) groups is 3. The minimum atomic E-state index is -0.808. The third kappa shape index (κ3) is 49.6. The molecule has 0 radical (unpaired) electrons. The van der Waals surface area contributed by atoms with Crippen LogP contribution >= 0.6 is 0 Å². The number of ether oxygens (including phenoxy) is 3. The van der Waals surface area contributed by atoms with Gasteiger partial charge in [0, 0.05) is 19.3 Å². The summed E-state index contributed by atoms with van der Waals surface area (Å²) in [6, 6.07) is 0. The van der Waals surface area contributed by atoms with Gasteiger partial charge in [0.2, 0.25) is 0 Å². The van der Waals surface area contributed by atoms with Crippen LogP contribution in [0.15, 0.2) is 85.1 Å². The Morgan fingerprint density at radius 2 is 0.641 bits per heavy atom. The molecule has 0 amide bonds. The van der Waals surface area contributed by atoms with Crippen LogP contribution in [-0.4, -0.2) is 37.2 Å². The van der Waals surface area contributed by atoms with Gasteiger partial charge in [-0.1, -0.05) is 228 Å². The lowest BCUT2D eigenvalue weighted by molar-refractivity contribution is -0.166. The van der Waals surface area contributed by atoms with E-state index in [4.69, 9.17) is 14.2 Å². The second-order valence-corrected chi connectivity index (χ2v) is 17.4. The second-order valence-electron chi connectivity index (χ2n) is 17.4. The first-order valence-corrected chi connectivity index (χ1v) is 26.6. The highest BCUT2D eigenvalue weighted by molar-refractivity contribution is 5.71. The van der Waals surface area contributed by atoms with Gasteiger partial charge in [0.15, 0.2) is 6.10 Å². The van der Waals surface area contributed by atoms with Crippen LogP contribution in [0, 0.1) is 0 Å². The molecule has 0 saturated carbocycles. The summed E-state index contributed by atoms with van der Waals surface area (Å²) in [5, 5.41) is 0. The van der Waals surface area contributed by atoms with Crippen molar-refractivity contribution in [2.24, 2.45) is 0 Å². The summed E-state index contributed by atoms with van der Waals surface area (Å²) in [7, 11) is 0. The molecule has 0 aromatic carbocycles. The summed E-state index contributed by atoms with van der Waals surface area (Å²) in [4.78, 5) is 38.0. The number of esters is 3. The van der Waals surface area contributed by atoms with Gasteiger partial charge < -0.3 is 14.2 Å². The molecule has 0 aliphatic rings. The molecule has 0 aromatic rings. The lowest BCUT2D eigenvalue weighted by Gasteiger charge is -2.18. The molecule has 64 heavy (non-hydrogen) atoms.